The first-order valence-electron chi connectivity index (χ1n) is 16.5. The lowest BCUT2D eigenvalue weighted by molar-refractivity contribution is -0.313. The number of nitrogens with zero attached hydrogens (tertiary/aromatic N) is 1. The van der Waals surface area contributed by atoms with Crippen molar-refractivity contribution in [2.45, 2.75) is 95.0 Å². The van der Waals surface area contributed by atoms with E-state index in [1.807, 2.05) is 6.92 Å². The number of benzene rings is 1. The molecular weight excluding hydrogens is 694 g/mol. The van der Waals surface area contributed by atoms with Gasteiger partial charge in [0, 0.05) is 41.4 Å². The summed E-state index contributed by atoms with van der Waals surface area (Å²) >= 11 is 6.67. The van der Waals surface area contributed by atoms with Crippen LogP contribution in [0.1, 0.15) is 94.2 Å². The van der Waals surface area contributed by atoms with E-state index in [9.17, 15) is 49.8 Å². The number of rotatable bonds is 5. The number of hydrogen-bond acceptors (Lipinski definition) is 14. The van der Waals surface area contributed by atoms with Gasteiger partial charge in [0.1, 0.15) is 53.0 Å². The molecule has 0 amide bonds. The second-order valence-corrected chi connectivity index (χ2v) is 13.7. The summed E-state index contributed by atoms with van der Waals surface area (Å²) in [4.78, 5) is 56.2. The molecule has 1 saturated heterocycles. The lowest BCUT2D eigenvalue weighted by atomic mass is 9.73. The first kappa shape index (κ1) is 35.5. The number of aliphatic hydroxyl groups excluding tert-OH is 5. The van der Waals surface area contributed by atoms with Gasteiger partial charge >= 0.3 is 0 Å². The molecule has 272 valence electrons. The van der Waals surface area contributed by atoms with Crippen molar-refractivity contribution in [1.29, 1.82) is 0 Å². The number of pyridine rings is 1. The molecule has 3 aliphatic carbocycles. The number of halogens is 1. The van der Waals surface area contributed by atoms with Gasteiger partial charge in [0.2, 0.25) is 11.2 Å². The van der Waals surface area contributed by atoms with Crippen molar-refractivity contribution >= 4 is 39.7 Å². The smallest absolute Gasteiger partial charge is 0.262 e. The number of aliphatic hydroxyl groups is 5. The summed E-state index contributed by atoms with van der Waals surface area (Å²) in [5, 5.41) is 64.6. The number of ketones is 2. The Morgan fingerprint density at radius 1 is 0.961 bits per heavy atom. The second-order valence-electron chi connectivity index (χ2n) is 13.3. The molecule has 3 heterocycles. The highest BCUT2D eigenvalue weighted by atomic mass is 35.5. The topological polar surface area (TPSA) is 235 Å². The van der Waals surface area contributed by atoms with Gasteiger partial charge in [-0.05, 0) is 26.2 Å². The number of phenols is 1. The third kappa shape index (κ3) is 4.98. The van der Waals surface area contributed by atoms with Crippen LogP contribution in [0, 0.1) is 0 Å². The molecule has 8 atom stereocenters. The standard InChI is InChI=1S/C35H36ClNO14/c1-5-6-13-22(36)18-19(34(47)37(13)3)26(42)16-11(24(18)40)7-8-12-17(16)27(43)21-28(44)20-25(41)15(9-14(38)32(20)51-33(21)31(12)48-4)50-35-30(46)29(45)23(39)10(2)49-35/h10,14-15,23,25,29-30,35,38-39,41,43,45-46H,5-9H2,1-4H3. The Hall–Kier alpha value is -3.93. The molecule has 0 spiro atoms. The van der Waals surface area contributed by atoms with Gasteiger partial charge in [-0.15, -0.1) is 0 Å². The summed E-state index contributed by atoms with van der Waals surface area (Å²) in [5.74, 6) is -2.72. The van der Waals surface area contributed by atoms with Gasteiger partial charge in [-0.3, -0.25) is 19.2 Å². The molecule has 8 unspecified atom stereocenters. The third-order valence-corrected chi connectivity index (χ3v) is 10.8. The molecule has 0 radical (unpaired) electrons. The van der Waals surface area contributed by atoms with E-state index in [4.69, 9.17) is 30.2 Å². The van der Waals surface area contributed by atoms with E-state index in [0.717, 1.165) is 0 Å². The molecule has 2 aromatic heterocycles. The molecule has 3 aromatic rings. The van der Waals surface area contributed by atoms with Crippen molar-refractivity contribution in [2.75, 3.05) is 7.11 Å². The molecule has 1 aromatic carbocycles. The number of hydrogen-bond donors (Lipinski definition) is 6. The zero-order valence-electron chi connectivity index (χ0n) is 27.9. The van der Waals surface area contributed by atoms with Gasteiger partial charge in [0.05, 0.1) is 35.5 Å². The van der Waals surface area contributed by atoms with Crippen LogP contribution in [0.2, 0.25) is 5.02 Å². The summed E-state index contributed by atoms with van der Waals surface area (Å²) in [5.41, 5.74) is -3.14. The molecule has 6 N–H and O–H groups in total. The Morgan fingerprint density at radius 3 is 2.33 bits per heavy atom. The number of phenolic OH excluding ortho intramolecular Hbond substituents is 1. The van der Waals surface area contributed by atoms with Crippen LogP contribution < -0.4 is 15.7 Å². The van der Waals surface area contributed by atoms with Gasteiger partial charge in [0.25, 0.3) is 5.56 Å². The Balaban J connectivity index is 1.40. The maximum atomic E-state index is 14.3. The van der Waals surface area contributed by atoms with Gasteiger partial charge in [-0.25, -0.2) is 0 Å². The molecule has 16 heteroatoms. The number of ether oxygens (including phenoxy) is 3. The van der Waals surface area contributed by atoms with Crippen LogP contribution in [0.15, 0.2) is 19.6 Å². The van der Waals surface area contributed by atoms with E-state index in [1.165, 1.54) is 25.6 Å². The molecule has 1 fully saturated rings. The van der Waals surface area contributed by atoms with E-state index < -0.39 is 93.8 Å². The van der Waals surface area contributed by atoms with E-state index in [2.05, 4.69) is 0 Å². The first-order chi connectivity index (χ1) is 24.2. The lowest BCUT2D eigenvalue weighted by Gasteiger charge is -2.42. The van der Waals surface area contributed by atoms with Crippen LogP contribution in [0.25, 0.3) is 16.5 Å². The van der Waals surface area contributed by atoms with E-state index >= 15 is 0 Å². The lowest BCUT2D eigenvalue weighted by Crippen LogP contribution is -2.58. The molecule has 4 aliphatic rings. The van der Waals surface area contributed by atoms with Gasteiger partial charge in [0.15, 0.2) is 23.4 Å². The predicted molar refractivity (Wildman–Crippen MR) is 177 cm³/mol. The predicted octanol–water partition coefficient (Wildman–Crippen LogP) is 1.27. The van der Waals surface area contributed by atoms with Gasteiger partial charge < -0.3 is 53.8 Å². The first-order valence-corrected chi connectivity index (χ1v) is 16.9. The summed E-state index contributed by atoms with van der Waals surface area (Å²) in [6.07, 6.45) is -11.5. The molecule has 15 nitrogen and oxygen atoms in total. The van der Waals surface area contributed by atoms with Crippen LogP contribution in [0.4, 0.5) is 0 Å². The fraction of sp³-hybridized carbons (Fsp3) is 0.486. The Morgan fingerprint density at radius 2 is 1.67 bits per heavy atom. The molecule has 0 saturated carbocycles. The van der Waals surface area contributed by atoms with E-state index in [1.54, 1.807) is 0 Å². The van der Waals surface area contributed by atoms with Crippen LogP contribution in [0.3, 0.4) is 0 Å². The van der Waals surface area contributed by atoms with Crippen molar-refractivity contribution in [1.82, 2.24) is 4.57 Å². The summed E-state index contributed by atoms with van der Waals surface area (Å²) in [6.45, 7) is 3.30. The number of aromatic hydroxyl groups is 1. The summed E-state index contributed by atoms with van der Waals surface area (Å²) in [7, 11) is 2.71. The molecule has 0 bridgehead atoms. The average molecular weight is 730 g/mol. The monoisotopic (exact) mass is 729 g/mol. The quantitative estimate of drug-likeness (QED) is 0.217. The van der Waals surface area contributed by atoms with Crippen molar-refractivity contribution in [3.8, 4) is 11.5 Å². The number of fused-ring (bicyclic) bond motifs is 5. The number of methoxy groups -OCH3 is 1. The number of carbonyl (C=O) groups excluding carboxylic acids is 2. The molecule has 51 heavy (non-hydrogen) atoms. The van der Waals surface area contributed by atoms with Crippen LogP contribution in [-0.4, -0.2) is 90.7 Å². The van der Waals surface area contributed by atoms with Crippen molar-refractivity contribution in [3.05, 3.63) is 70.4 Å². The maximum Gasteiger partial charge on any atom is 0.262 e. The van der Waals surface area contributed by atoms with Gasteiger partial charge in [-0.1, -0.05) is 24.9 Å². The minimum atomic E-state index is -1.83. The fourth-order valence-electron chi connectivity index (χ4n) is 7.80. The van der Waals surface area contributed by atoms with E-state index in [0.29, 0.717) is 18.5 Å². The molecular formula is C35H36ClNO14. The average Bonchev–Trinajstić information content (AvgIpc) is 3.10. The minimum Gasteiger partial charge on any atom is -0.506 e. The normalized spacial score (nSPS) is 28.7. The highest BCUT2D eigenvalue weighted by Crippen LogP contribution is 2.51. The summed E-state index contributed by atoms with van der Waals surface area (Å²) < 4.78 is 24.1. The Kier molecular flexibility index (Phi) is 8.79. The highest BCUT2D eigenvalue weighted by Gasteiger charge is 2.48. The van der Waals surface area contributed by atoms with Crippen molar-refractivity contribution in [2.24, 2.45) is 7.05 Å². The third-order valence-electron chi connectivity index (χ3n) is 10.4. The van der Waals surface area contributed by atoms with Crippen molar-refractivity contribution in [3.63, 3.8) is 0 Å². The number of Topliss-reactive ketones (excluding diaryl/α,β-unsaturated/α-hetero) is 2. The highest BCUT2D eigenvalue weighted by molar-refractivity contribution is 6.45. The second kappa shape index (κ2) is 12.6. The zero-order valence-corrected chi connectivity index (χ0v) is 28.7. The SMILES string of the molecule is CCCc1c(Cl)c2c(c(=O)n1C)C(=O)C1=C(CCc3c1c(O)c1c(=O)c4c(oc1c3OC)C(O)CC(OC1OC(C)C(O)C(O)C1O)C4O)C2=O. The zero-order chi connectivity index (χ0) is 37.0. The van der Waals surface area contributed by atoms with E-state index in [-0.39, 0.29) is 69.2 Å². The molecule has 7 rings (SSSR count). The van der Waals surface area contributed by atoms with Gasteiger partial charge in [-0.2, -0.15) is 0 Å². The van der Waals surface area contributed by atoms with Crippen LogP contribution >= 0.6 is 11.6 Å². The minimum absolute atomic E-state index is 0.00271. The molecule has 1 aliphatic heterocycles. The summed E-state index contributed by atoms with van der Waals surface area (Å²) in [6, 6.07) is 0. The Labute approximate surface area is 293 Å². The number of allylic oxidation sites excluding steroid dienone is 2. The van der Waals surface area contributed by atoms with Crippen LogP contribution in [-0.2, 0) is 29.4 Å². The maximum absolute atomic E-state index is 14.3. The number of aromatic nitrogens is 1. The number of carbonyl (C=O) groups is 2. The van der Waals surface area contributed by atoms with Crippen LogP contribution in [0.5, 0.6) is 11.5 Å². The fourth-order valence-corrected chi connectivity index (χ4v) is 8.20. The largest absolute Gasteiger partial charge is 0.506 e. The Bertz CT molecular complexity index is 2190. The van der Waals surface area contributed by atoms with Crippen molar-refractivity contribution < 1.29 is 58.9 Å².